The van der Waals surface area contributed by atoms with Crippen molar-refractivity contribution in [1.82, 2.24) is 25.1 Å². The molecule has 0 aliphatic carbocycles. The highest BCUT2D eigenvalue weighted by atomic mass is 16.5. The summed E-state index contributed by atoms with van der Waals surface area (Å²) in [6.07, 6.45) is 9.69. The number of amides is 1. The van der Waals surface area contributed by atoms with E-state index in [2.05, 4.69) is 25.5 Å². The number of hydrogen-bond donors (Lipinski definition) is 1. The van der Waals surface area contributed by atoms with E-state index in [-0.39, 0.29) is 17.4 Å². The molecule has 1 atom stereocenters. The van der Waals surface area contributed by atoms with Crippen LogP contribution in [0.2, 0.25) is 0 Å². The minimum absolute atomic E-state index is 0.00554. The smallest absolute Gasteiger partial charge is 0.257 e. The standard InChI is InChI=1S/C19H24N6O2/c1-14(15-2-6-22-23-12-15)24-18-20-10-16(11-21-18)17(26)25-7-3-19(13-25)4-8-27-9-5-19/h2,6,10-12,14H,3-5,7-9,13H2,1H3,(H,20,21,24). The summed E-state index contributed by atoms with van der Waals surface area (Å²) in [6.45, 7) is 5.20. The number of ether oxygens (including phenoxy) is 1. The van der Waals surface area contributed by atoms with Gasteiger partial charge >= 0.3 is 0 Å². The quantitative estimate of drug-likeness (QED) is 0.883. The average molecular weight is 368 g/mol. The van der Waals surface area contributed by atoms with Gasteiger partial charge in [0.2, 0.25) is 5.95 Å². The molecule has 4 rings (SSSR count). The maximum Gasteiger partial charge on any atom is 0.257 e. The van der Waals surface area contributed by atoms with Gasteiger partial charge in [0.25, 0.3) is 5.91 Å². The third-order valence-electron chi connectivity index (χ3n) is 5.63. The average Bonchev–Trinajstić information content (AvgIpc) is 3.12. The fourth-order valence-corrected chi connectivity index (χ4v) is 3.85. The largest absolute Gasteiger partial charge is 0.381 e. The van der Waals surface area contributed by atoms with Crippen LogP contribution in [0, 0.1) is 5.41 Å². The third-order valence-corrected chi connectivity index (χ3v) is 5.63. The molecule has 0 bridgehead atoms. The molecular weight excluding hydrogens is 344 g/mol. The summed E-state index contributed by atoms with van der Waals surface area (Å²) in [7, 11) is 0. The van der Waals surface area contributed by atoms with Crippen LogP contribution < -0.4 is 5.32 Å². The molecule has 0 saturated carbocycles. The van der Waals surface area contributed by atoms with Crippen molar-refractivity contribution >= 4 is 11.9 Å². The van der Waals surface area contributed by atoms with E-state index in [4.69, 9.17) is 4.74 Å². The van der Waals surface area contributed by atoms with Crippen LogP contribution in [0.3, 0.4) is 0 Å². The Morgan fingerprint density at radius 1 is 1.19 bits per heavy atom. The maximum atomic E-state index is 12.8. The summed E-state index contributed by atoms with van der Waals surface area (Å²) in [5.41, 5.74) is 1.76. The van der Waals surface area contributed by atoms with Crippen LogP contribution in [-0.4, -0.2) is 57.3 Å². The summed E-state index contributed by atoms with van der Waals surface area (Å²) < 4.78 is 5.48. The summed E-state index contributed by atoms with van der Waals surface area (Å²) in [5.74, 6) is 0.495. The molecule has 2 aromatic rings. The molecule has 0 radical (unpaired) electrons. The number of carbonyl (C=O) groups excluding carboxylic acids is 1. The number of anilines is 1. The molecule has 8 heteroatoms. The molecule has 2 aliphatic rings. The molecular formula is C19H24N6O2. The lowest BCUT2D eigenvalue weighted by molar-refractivity contribution is 0.0191. The van der Waals surface area contributed by atoms with E-state index in [1.54, 1.807) is 24.8 Å². The molecule has 2 fully saturated rings. The first-order chi connectivity index (χ1) is 13.2. The monoisotopic (exact) mass is 368 g/mol. The molecule has 1 amide bonds. The van der Waals surface area contributed by atoms with Gasteiger partial charge in [-0.2, -0.15) is 10.2 Å². The van der Waals surface area contributed by atoms with Crippen LogP contribution in [0.4, 0.5) is 5.95 Å². The second kappa shape index (κ2) is 7.56. The lowest BCUT2D eigenvalue weighted by Gasteiger charge is -2.33. The predicted molar refractivity (Wildman–Crippen MR) is 99.1 cm³/mol. The van der Waals surface area contributed by atoms with Crippen LogP contribution in [0.5, 0.6) is 0 Å². The molecule has 27 heavy (non-hydrogen) atoms. The Morgan fingerprint density at radius 3 is 2.67 bits per heavy atom. The zero-order valence-electron chi connectivity index (χ0n) is 15.5. The fourth-order valence-electron chi connectivity index (χ4n) is 3.85. The first-order valence-corrected chi connectivity index (χ1v) is 9.37. The van der Waals surface area contributed by atoms with E-state index in [0.29, 0.717) is 11.5 Å². The molecule has 2 saturated heterocycles. The van der Waals surface area contributed by atoms with E-state index in [0.717, 1.165) is 51.1 Å². The molecule has 1 N–H and O–H groups in total. The van der Waals surface area contributed by atoms with E-state index in [1.807, 2.05) is 17.9 Å². The Balaban J connectivity index is 1.38. The molecule has 0 aromatic carbocycles. The van der Waals surface area contributed by atoms with E-state index in [9.17, 15) is 4.79 Å². The van der Waals surface area contributed by atoms with E-state index < -0.39 is 0 Å². The van der Waals surface area contributed by atoms with Crippen LogP contribution in [0.1, 0.15) is 48.1 Å². The topological polar surface area (TPSA) is 93.1 Å². The molecule has 8 nitrogen and oxygen atoms in total. The van der Waals surface area contributed by atoms with Gasteiger partial charge in [0.05, 0.1) is 17.8 Å². The highest BCUT2D eigenvalue weighted by Gasteiger charge is 2.41. The second-order valence-corrected chi connectivity index (χ2v) is 7.43. The van der Waals surface area contributed by atoms with Crippen molar-refractivity contribution in [2.45, 2.75) is 32.2 Å². The number of rotatable bonds is 4. The van der Waals surface area contributed by atoms with Crippen molar-refractivity contribution in [3.8, 4) is 0 Å². The lowest BCUT2D eigenvalue weighted by atomic mass is 9.80. The fraction of sp³-hybridized carbons (Fsp3) is 0.526. The Labute approximate surface area is 158 Å². The highest BCUT2D eigenvalue weighted by Crippen LogP contribution is 2.40. The first-order valence-electron chi connectivity index (χ1n) is 9.37. The number of nitrogens with zero attached hydrogens (tertiary/aromatic N) is 5. The van der Waals surface area contributed by atoms with Crippen molar-refractivity contribution in [2.75, 3.05) is 31.6 Å². The normalized spacial score (nSPS) is 19.8. The van der Waals surface area contributed by atoms with Crippen LogP contribution in [0.25, 0.3) is 0 Å². The number of nitrogens with one attached hydrogen (secondary N) is 1. The Morgan fingerprint density at radius 2 is 1.96 bits per heavy atom. The highest BCUT2D eigenvalue weighted by molar-refractivity contribution is 5.94. The maximum absolute atomic E-state index is 12.8. The number of hydrogen-bond acceptors (Lipinski definition) is 7. The molecule has 1 spiro atoms. The van der Waals surface area contributed by atoms with Gasteiger partial charge in [-0.05, 0) is 43.2 Å². The zero-order chi connectivity index (χ0) is 18.7. The van der Waals surface area contributed by atoms with Gasteiger partial charge in [-0.15, -0.1) is 0 Å². The summed E-state index contributed by atoms with van der Waals surface area (Å²) in [5, 5.41) is 10.9. The summed E-state index contributed by atoms with van der Waals surface area (Å²) in [4.78, 5) is 23.4. The summed E-state index contributed by atoms with van der Waals surface area (Å²) in [6, 6.07) is 1.89. The molecule has 1 unspecified atom stereocenters. The van der Waals surface area contributed by atoms with Crippen LogP contribution >= 0.6 is 0 Å². The zero-order valence-corrected chi connectivity index (χ0v) is 15.5. The van der Waals surface area contributed by atoms with Gasteiger partial charge in [0.1, 0.15) is 0 Å². The van der Waals surface area contributed by atoms with Gasteiger partial charge < -0.3 is 15.0 Å². The second-order valence-electron chi connectivity index (χ2n) is 7.43. The Hall–Kier alpha value is -2.61. The molecule has 142 valence electrons. The van der Waals surface area contributed by atoms with Crippen molar-refractivity contribution in [2.24, 2.45) is 5.41 Å². The third kappa shape index (κ3) is 3.90. The molecule has 4 heterocycles. The van der Waals surface area contributed by atoms with Crippen molar-refractivity contribution < 1.29 is 9.53 Å². The van der Waals surface area contributed by atoms with Crippen molar-refractivity contribution in [1.29, 1.82) is 0 Å². The SMILES string of the molecule is CC(Nc1ncc(C(=O)N2CCC3(CCOCC3)C2)cn1)c1ccnnc1. The number of likely N-dealkylation sites (tertiary alicyclic amines) is 1. The van der Waals surface area contributed by atoms with Gasteiger partial charge in [0, 0.05) is 44.9 Å². The minimum Gasteiger partial charge on any atom is -0.381 e. The number of aromatic nitrogens is 4. The first kappa shape index (κ1) is 17.8. The lowest BCUT2D eigenvalue weighted by Crippen LogP contribution is -2.35. The van der Waals surface area contributed by atoms with Gasteiger partial charge in [0.15, 0.2) is 0 Å². The van der Waals surface area contributed by atoms with Crippen LogP contribution in [0.15, 0.2) is 30.9 Å². The van der Waals surface area contributed by atoms with Crippen molar-refractivity contribution in [3.05, 3.63) is 42.0 Å². The molecule has 2 aliphatic heterocycles. The van der Waals surface area contributed by atoms with E-state index in [1.165, 1.54) is 0 Å². The van der Waals surface area contributed by atoms with Crippen molar-refractivity contribution in [3.63, 3.8) is 0 Å². The molecule has 2 aromatic heterocycles. The van der Waals surface area contributed by atoms with Gasteiger partial charge in [-0.1, -0.05) is 0 Å². The minimum atomic E-state index is -0.00554. The van der Waals surface area contributed by atoms with Crippen LogP contribution in [-0.2, 0) is 4.74 Å². The van der Waals surface area contributed by atoms with Gasteiger partial charge in [-0.3, -0.25) is 4.79 Å². The Bertz CT molecular complexity index is 777. The van der Waals surface area contributed by atoms with E-state index >= 15 is 0 Å². The van der Waals surface area contributed by atoms with Gasteiger partial charge in [-0.25, -0.2) is 9.97 Å². The number of carbonyl (C=O) groups is 1. The predicted octanol–water partition coefficient (Wildman–Crippen LogP) is 2.08. The summed E-state index contributed by atoms with van der Waals surface area (Å²) >= 11 is 0. The Kier molecular flexibility index (Phi) is 4.98.